The number of ether oxygens (including phenoxy) is 2. The van der Waals surface area contributed by atoms with Crippen LogP contribution in [0.2, 0.25) is 5.15 Å². The van der Waals surface area contributed by atoms with Crippen LogP contribution in [0.3, 0.4) is 0 Å². The summed E-state index contributed by atoms with van der Waals surface area (Å²) in [5.41, 5.74) is 0.244. The van der Waals surface area contributed by atoms with Crippen molar-refractivity contribution in [3.63, 3.8) is 0 Å². The largest absolute Gasteiger partial charge is 0.493 e. The number of benzene rings is 1. The van der Waals surface area contributed by atoms with Gasteiger partial charge < -0.3 is 9.47 Å². The summed E-state index contributed by atoms with van der Waals surface area (Å²) in [5.74, 6) is 1.38. The van der Waals surface area contributed by atoms with Crippen LogP contribution >= 0.6 is 11.6 Å². The number of rotatable bonds is 6. The molecule has 0 amide bonds. The lowest BCUT2D eigenvalue weighted by atomic mass is 10.3. The Morgan fingerprint density at radius 2 is 1.75 bits per heavy atom. The van der Waals surface area contributed by atoms with Crippen LogP contribution in [0.15, 0.2) is 42.5 Å². The fourth-order valence-corrected chi connectivity index (χ4v) is 1.77. The number of nitriles is 1. The molecule has 0 aliphatic heterocycles. The van der Waals surface area contributed by atoms with Crippen LogP contribution in [0.1, 0.15) is 12.1 Å². The topological polar surface area (TPSA) is 55.1 Å². The maximum Gasteiger partial charge on any atom is 0.145 e. The highest BCUT2D eigenvalue weighted by atomic mass is 35.5. The average molecular weight is 289 g/mol. The highest BCUT2D eigenvalue weighted by molar-refractivity contribution is 6.29. The third-order valence-corrected chi connectivity index (χ3v) is 2.65. The first-order valence-corrected chi connectivity index (χ1v) is 6.54. The Hall–Kier alpha value is -2.25. The van der Waals surface area contributed by atoms with E-state index in [0.29, 0.717) is 19.0 Å². The first-order valence-electron chi connectivity index (χ1n) is 6.16. The predicted molar refractivity (Wildman–Crippen MR) is 76.0 cm³/mol. The molecule has 0 N–H and O–H groups in total. The maximum atomic E-state index is 8.78. The van der Waals surface area contributed by atoms with Crippen LogP contribution < -0.4 is 9.47 Å². The van der Waals surface area contributed by atoms with Crippen molar-refractivity contribution in [2.24, 2.45) is 0 Å². The van der Waals surface area contributed by atoms with Gasteiger partial charge in [0.25, 0.3) is 0 Å². The monoisotopic (exact) mass is 288 g/mol. The third-order valence-electron chi connectivity index (χ3n) is 2.45. The number of halogens is 1. The highest BCUT2D eigenvalue weighted by Crippen LogP contribution is 2.17. The summed E-state index contributed by atoms with van der Waals surface area (Å²) in [6.07, 6.45) is 0.733. The zero-order valence-electron chi connectivity index (χ0n) is 10.8. The molecule has 1 aromatic heterocycles. The molecule has 0 spiro atoms. The smallest absolute Gasteiger partial charge is 0.145 e. The van der Waals surface area contributed by atoms with Gasteiger partial charge in [-0.05, 0) is 12.1 Å². The Labute approximate surface area is 122 Å². The second-order valence-corrected chi connectivity index (χ2v) is 4.37. The molecule has 0 radical (unpaired) electrons. The molecule has 5 heteroatoms. The van der Waals surface area contributed by atoms with Gasteiger partial charge in [-0.25, -0.2) is 4.98 Å². The first kappa shape index (κ1) is 14.2. The summed E-state index contributed by atoms with van der Waals surface area (Å²) in [6, 6.07) is 14.7. The van der Waals surface area contributed by atoms with Crippen molar-refractivity contribution < 1.29 is 9.47 Å². The molecular weight excluding hydrogens is 276 g/mol. The van der Waals surface area contributed by atoms with Crippen LogP contribution in [-0.2, 0) is 0 Å². The average Bonchev–Trinajstić information content (AvgIpc) is 2.47. The van der Waals surface area contributed by atoms with Gasteiger partial charge in [-0.2, -0.15) is 5.26 Å². The van der Waals surface area contributed by atoms with Crippen molar-refractivity contribution in [2.45, 2.75) is 6.42 Å². The fourth-order valence-electron chi connectivity index (χ4n) is 1.57. The van der Waals surface area contributed by atoms with Crippen LogP contribution in [-0.4, -0.2) is 18.2 Å². The van der Waals surface area contributed by atoms with Crippen molar-refractivity contribution in [2.75, 3.05) is 13.2 Å². The lowest BCUT2D eigenvalue weighted by molar-refractivity contribution is 0.247. The van der Waals surface area contributed by atoms with Gasteiger partial charge in [-0.3, -0.25) is 0 Å². The minimum Gasteiger partial charge on any atom is -0.493 e. The number of hydrogen-bond donors (Lipinski definition) is 0. The Morgan fingerprint density at radius 3 is 2.45 bits per heavy atom. The van der Waals surface area contributed by atoms with E-state index in [1.165, 1.54) is 0 Å². The SMILES string of the molecule is N#Cc1cc(OCCCOc2ccccc2)cc(Cl)n1. The second kappa shape index (κ2) is 7.37. The van der Waals surface area contributed by atoms with Crippen molar-refractivity contribution in [3.8, 4) is 17.6 Å². The zero-order chi connectivity index (χ0) is 14.2. The number of para-hydroxylation sites is 1. The minimum atomic E-state index is 0.244. The molecule has 0 aliphatic rings. The van der Waals surface area contributed by atoms with Crippen LogP contribution in [0, 0.1) is 11.3 Å². The van der Waals surface area contributed by atoms with Crippen LogP contribution in [0.5, 0.6) is 11.5 Å². The third kappa shape index (κ3) is 4.45. The normalized spacial score (nSPS) is 9.80. The van der Waals surface area contributed by atoms with E-state index in [1.54, 1.807) is 12.1 Å². The molecule has 0 saturated carbocycles. The molecule has 0 unspecified atom stereocenters. The van der Waals surface area contributed by atoms with Gasteiger partial charge in [0.05, 0.1) is 13.2 Å². The van der Waals surface area contributed by atoms with E-state index in [4.69, 9.17) is 26.3 Å². The molecule has 0 bridgehead atoms. The van der Waals surface area contributed by atoms with E-state index in [1.807, 2.05) is 36.4 Å². The van der Waals surface area contributed by atoms with Gasteiger partial charge >= 0.3 is 0 Å². The number of hydrogen-bond acceptors (Lipinski definition) is 4. The molecule has 2 rings (SSSR count). The number of pyridine rings is 1. The standard InChI is InChI=1S/C15H13ClN2O2/c16-15-10-14(9-12(11-17)18-15)20-8-4-7-19-13-5-2-1-3-6-13/h1-3,5-6,9-10H,4,7-8H2. The summed E-state index contributed by atoms with van der Waals surface area (Å²) in [5, 5.41) is 9.03. The van der Waals surface area contributed by atoms with E-state index >= 15 is 0 Å². The molecule has 0 atom stereocenters. The maximum absolute atomic E-state index is 8.78. The molecule has 20 heavy (non-hydrogen) atoms. The van der Waals surface area contributed by atoms with Crippen molar-refractivity contribution in [1.29, 1.82) is 5.26 Å². The first-order chi connectivity index (χ1) is 9.78. The van der Waals surface area contributed by atoms with Crippen LogP contribution in [0.4, 0.5) is 0 Å². The molecule has 0 fully saturated rings. The Kier molecular flexibility index (Phi) is 5.22. The summed E-state index contributed by atoms with van der Waals surface area (Å²) in [6.45, 7) is 1.05. The lowest BCUT2D eigenvalue weighted by Gasteiger charge is -2.08. The number of aromatic nitrogens is 1. The van der Waals surface area contributed by atoms with E-state index < -0.39 is 0 Å². The Balaban J connectivity index is 1.74. The van der Waals surface area contributed by atoms with Gasteiger partial charge in [0.1, 0.15) is 28.4 Å². The lowest BCUT2D eigenvalue weighted by Crippen LogP contribution is -2.05. The highest BCUT2D eigenvalue weighted by Gasteiger charge is 2.01. The van der Waals surface area contributed by atoms with E-state index in [-0.39, 0.29) is 10.8 Å². The van der Waals surface area contributed by atoms with Crippen molar-refractivity contribution in [1.82, 2.24) is 4.98 Å². The van der Waals surface area contributed by atoms with Gasteiger partial charge in [0.15, 0.2) is 0 Å². The number of nitrogens with zero attached hydrogens (tertiary/aromatic N) is 2. The Bertz CT molecular complexity index is 597. The molecule has 1 heterocycles. The minimum absolute atomic E-state index is 0.244. The van der Waals surface area contributed by atoms with Gasteiger partial charge in [0, 0.05) is 18.6 Å². The Morgan fingerprint density at radius 1 is 1.05 bits per heavy atom. The van der Waals surface area contributed by atoms with Crippen molar-refractivity contribution in [3.05, 3.63) is 53.3 Å². The molecule has 0 saturated heterocycles. The molecule has 102 valence electrons. The molecule has 1 aromatic carbocycles. The predicted octanol–water partition coefficient (Wildman–Crippen LogP) is 3.45. The van der Waals surface area contributed by atoms with Gasteiger partial charge in [0.2, 0.25) is 0 Å². The fraction of sp³-hybridized carbons (Fsp3) is 0.200. The second-order valence-electron chi connectivity index (χ2n) is 3.99. The molecule has 2 aromatic rings. The van der Waals surface area contributed by atoms with E-state index in [2.05, 4.69) is 4.98 Å². The van der Waals surface area contributed by atoms with Gasteiger partial charge in [-0.15, -0.1) is 0 Å². The molecule has 4 nitrogen and oxygen atoms in total. The summed E-state index contributed by atoms with van der Waals surface area (Å²) in [4.78, 5) is 3.84. The van der Waals surface area contributed by atoms with E-state index in [9.17, 15) is 0 Å². The summed E-state index contributed by atoms with van der Waals surface area (Å²) in [7, 11) is 0. The van der Waals surface area contributed by atoms with Crippen LogP contribution in [0.25, 0.3) is 0 Å². The van der Waals surface area contributed by atoms with Gasteiger partial charge in [-0.1, -0.05) is 29.8 Å². The van der Waals surface area contributed by atoms with E-state index in [0.717, 1.165) is 12.2 Å². The summed E-state index contributed by atoms with van der Waals surface area (Å²) < 4.78 is 11.1. The quantitative estimate of drug-likeness (QED) is 0.603. The zero-order valence-corrected chi connectivity index (χ0v) is 11.5. The molecule has 0 aliphatic carbocycles. The summed E-state index contributed by atoms with van der Waals surface area (Å²) >= 11 is 5.78. The molecular formula is C15H13ClN2O2. The van der Waals surface area contributed by atoms with Crippen molar-refractivity contribution >= 4 is 11.6 Å².